The number of hydrogen-bond acceptors (Lipinski definition) is 5. The fourth-order valence-corrected chi connectivity index (χ4v) is 2.92. The van der Waals surface area contributed by atoms with E-state index in [1.807, 2.05) is 0 Å². The number of fused-ring (bicyclic) bond motifs is 1. The van der Waals surface area contributed by atoms with Gasteiger partial charge < -0.3 is 14.3 Å². The average Bonchev–Trinajstić information content (AvgIpc) is 3.16. The fourth-order valence-electron chi connectivity index (χ4n) is 2.69. The van der Waals surface area contributed by atoms with E-state index in [-0.39, 0.29) is 5.56 Å². The van der Waals surface area contributed by atoms with Crippen LogP contribution < -0.4 is 11.1 Å². The molecule has 0 aliphatic carbocycles. The molecule has 0 spiro atoms. The van der Waals surface area contributed by atoms with Crippen molar-refractivity contribution in [3.63, 3.8) is 0 Å². The second-order valence-electron chi connectivity index (χ2n) is 5.62. The Bertz CT molecular complexity index is 1190. The lowest BCUT2D eigenvalue weighted by molar-refractivity contribution is 0.102. The number of rotatable bonds is 3. The first-order valence-electron chi connectivity index (χ1n) is 7.68. The zero-order chi connectivity index (χ0) is 18.3. The van der Waals surface area contributed by atoms with Crippen molar-refractivity contribution in [3.05, 3.63) is 69.4 Å². The molecule has 8 heteroatoms. The van der Waals surface area contributed by atoms with E-state index in [4.69, 9.17) is 20.5 Å². The van der Waals surface area contributed by atoms with Crippen LogP contribution in [0.1, 0.15) is 16.1 Å². The highest BCUT2D eigenvalue weighted by molar-refractivity contribution is 6.33. The number of halogens is 1. The van der Waals surface area contributed by atoms with E-state index in [9.17, 15) is 9.59 Å². The Labute approximate surface area is 151 Å². The molecule has 26 heavy (non-hydrogen) atoms. The summed E-state index contributed by atoms with van der Waals surface area (Å²) in [7, 11) is 0. The highest BCUT2D eigenvalue weighted by Crippen LogP contribution is 2.31. The van der Waals surface area contributed by atoms with Gasteiger partial charge in [-0.25, -0.2) is 4.79 Å². The van der Waals surface area contributed by atoms with E-state index < -0.39 is 11.7 Å². The number of nitrogens with one attached hydrogen (secondary N) is 2. The molecule has 7 nitrogen and oxygen atoms in total. The van der Waals surface area contributed by atoms with Crippen LogP contribution in [0, 0.1) is 6.92 Å². The first kappa shape index (κ1) is 16.2. The maximum atomic E-state index is 12.8. The molecular formula is C18H12ClN3O4. The van der Waals surface area contributed by atoms with Gasteiger partial charge in [-0.05, 0) is 25.1 Å². The smallest absolute Gasteiger partial charge is 0.408 e. The SMILES string of the molecule is Cc1onc(-c2ccccc2Cl)c1C(=O)Nc1ccc2[nH]c(=O)oc2c1. The lowest BCUT2D eigenvalue weighted by atomic mass is 10.1. The molecule has 0 atom stereocenters. The molecule has 2 heterocycles. The Kier molecular flexibility index (Phi) is 3.85. The minimum absolute atomic E-state index is 0.286. The molecular weight excluding hydrogens is 358 g/mol. The van der Waals surface area contributed by atoms with Gasteiger partial charge in [0.1, 0.15) is 17.0 Å². The van der Waals surface area contributed by atoms with E-state index in [0.29, 0.717) is 38.8 Å². The molecule has 2 aromatic carbocycles. The fraction of sp³-hybridized carbons (Fsp3) is 0.0556. The topological polar surface area (TPSA) is 101 Å². The quantitative estimate of drug-likeness (QED) is 0.568. The zero-order valence-corrected chi connectivity index (χ0v) is 14.3. The van der Waals surface area contributed by atoms with E-state index in [1.54, 1.807) is 49.4 Å². The summed E-state index contributed by atoms with van der Waals surface area (Å²) in [6.45, 7) is 1.65. The largest absolute Gasteiger partial charge is 0.417 e. The number of aryl methyl sites for hydroxylation is 1. The predicted molar refractivity (Wildman–Crippen MR) is 96.5 cm³/mol. The summed E-state index contributed by atoms with van der Waals surface area (Å²) in [6, 6.07) is 11.9. The molecule has 0 bridgehead atoms. The van der Waals surface area contributed by atoms with Gasteiger partial charge in [0, 0.05) is 17.3 Å². The molecule has 0 radical (unpaired) electrons. The van der Waals surface area contributed by atoms with E-state index in [2.05, 4.69) is 15.5 Å². The Hall–Kier alpha value is -3.32. The summed E-state index contributed by atoms with van der Waals surface area (Å²) >= 11 is 6.21. The van der Waals surface area contributed by atoms with E-state index in [0.717, 1.165) is 0 Å². The van der Waals surface area contributed by atoms with Gasteiger partial charge in [0.05, 0.1) is 10.5 Å². The predicted octanol–water partition coefficient (Wildman–Crippen LogP) is 3.99. The van der Waals surface area contributed by atoms with Gasteiger partial charge in [-0.1, -0.05) is 35.0 Å². The van der Waals surface area contributed by atoms with Gasteiger partial charge in [-0.2, -0.15) is 0 Å². The second-order valence-corrected chi connectivity index (χ2v) is 6.03. The van der Waals surface area contributed by atoms with Crippen LogP contribution in [-0.4, -0.2) is 16.0 Å². The Morgan fingerprint density at radius 3 is 2.85 bits per heavy atom. The summed E-state index contributed by atoms with van der Waals surface area (Å²) in [5.74, 6) is -0.595. The summed E-state index contributed by atoms with van der Waals surface area (Å²) < 4.78 is 10.2. The molecule has 2 N–H and O–H groups in total. The molecule has 4 rings (SSSR count). The number of H-pyrrole nitrogens is 1. The molecule has 1 amide bonds. The van der Waals surface area contributed by atoms with Gasteiger partial charge >= 0.3 is 5.76 Å². The molecule has 0 saturated heterocycles. The average molecular weight is 370 g/mol. The van der Waals surface area contributed by atoms with E-state index >= 15 is 0 Å². The Morgan fingerprint density at radius 2 is 2.04 bits per heavy atom. The number of aromatic amines is 1. The number of carbonyl (C=O) groups excluding carboxylic acids is 1. The number of aromatic nitrogens is 2. The summed E-state index contributed by atoms with van der Waals surface area (Å²) in [6.07, 6.45) is 0. The maximum Gasteiger partial charge on any atom is 0.417 e. The van der Waals surface area contributed by atoms with Crippen molar-refractivity contribution < 1.29 is 13.7 Å². The van der Waals surface area contributed by atoms with Crippen LogP contribution in [-0.2, 0) is 0 Å². The lowest BCUT2D eigenvalue weighted by Gasteiger charge is -2.06. The van der Waals surface area contributed by atoms with Gasteiger partial charge in [-0.3, -0.25) is 9.78 Å². The molecule has 0 saturated carbocycles. The number of anilines is 1. The van der Waals surface area contributed by atoms with Gasteiger partial charge in [0.15, 0.2) is 5.58 Å². The first-order chi connectivity index (χ1) is 12.5. The third kappa shape index (κ3) is 2.78. The first-order valence-corrected chi connectivity index (χ1v) is 8.06. The van der Waals surface area contributed by atoms with Crippen molar-refractivity contribution in [1.29, 1.82) is 0 Å². The van der Waals surface area contributed by atoms with Crippen molar-refractivity contribution in [3.8, 4) is 11.3 Å². The van der Waals surface area contributed by atoms with Crippen LogP contribution in [0.4, 0.5) is 5.69 Å². The molecule has 4 aromatic rings. The third-order valence-corrected chi connectivity index (χ3v) is 4.23. The lowest BCUT2D eigenvalue weighted by Crippen LogP contribution is -2.13. The highest BCUT2D eigenvalue weighted by atomic mass is 35.5. The molecule has 0 aliphatic heterocycles. The number of amides is 1. The Balaban J connectivity index is 1.71. The molecule has 130 valence electrons. The molecule has 0 fully saturated rings. The van der Waals surface area contributed by atoms with Gasteiger partial charge in [-0.15, -0.1) is 0 Å². The maximum absolute atomic E-state index is 12.8. The monoisotopic (exact) mass is 369 g/mol. The van der Waals surface area contributed by atoms with Crippen LogP contribution in [0.2, 0.25) is 5.02 Å². The number of oxazole rings is 1. The van der Waals surface area contributed by atoms with Crippen molar-refractivity contribution in [2.45, 2.75) is 6.92 Å². The van der Waals surface area contributed by atoms with Crippen LogP contribution in [0.3, 0.4) is 0 Å². The Morgan fingerprint density at radius 1 is 1.23 bits per heavy atom. The number of carbonyl (C=O) groups is 1. The number of benzene rings is 2. The van der Waals surface area contributed by atoms with Gasteiger partial charge in [0.25, 0.3) is 5.91 Å². The summed E-state index contributed by atoms with van der Waals surface area (Å²) in [5.41, 5.74) is 2.61. The van der Waals surface area contributed by atoms with Crippen LogP contribution >= 0.6 is 11.6 Å². The second kappa shape index (κ2) is 6.20. The van der Waals surface area contributed by atoms with Crippen molar-refractivity contribution in [2.24, 2.45) is 0 Å². The molecule has 0 aliphatic rings. The highest BCUT2D eigenvalue weighted by Gasteiger charge is 2.23. The molecule has 2 aromatic heterocycles. The number of nitrogens with zero attached hydrogens (tertiary/aromatic N) is 1. The van der Waals surface area contributed by atoms with Gasteiger partial charge in [0.2, 0.25) is 0 Å². The zero-order valence-electron chi connectivity index (χ0n) is 13.5. The van der Waals surface area contributed by atoms with Crippen molar-refractivity contribution in [1.82, 2.24) is 10.1 Å². The van der Waals surface area contributed by atoms with Crippen LogP contribution in [0.5, 0.6) is 0 Å². The van der Waals surface area contributed by atoms with E-state index in [1.165, 1.54) is 0 Å². The van der Waals surface area contributed by atoms with Crippen molar-refractivity contribution in [2.75, 3.05) is 5.32 Å². The standard InChI is InChI=1S/C18H12ClN3O4/c1-9-15(16(22-26-9)11-4-2-3-5-12(11)19)17(23)20-10-6-7-13-14(8-10)25-18(24)21-13/h2-8H,1H3,(H,20,23)(H,21,24). The molecule has 0 unspecified atom stereocenters. The third-order valence-electron chi connectivity index (χ3n) is 3.90. The minimum atomic E-state index is -0.556. The minimum Gasteiger partial charge on any atom is -0.408 e. The number of hydrogen-bond donors (Lipinski definition) is 2. The normalized spacial score (nSPS) is 11.0. The summed E-state index contributed by atoms with van der Waals surface area (Å²) in [4.78, 5) is 26.6. The van der Waals surface area contributed by atoms with Crippen LogP contribution in [0.15, 0.2) is 56.2 Å². The summed E-state index contributed by atoms with van der Waals surface area (Å²) in [5, 5.41) is 7.20. The van der Waals surface area contributed by atoms with Crippen LogP contribution in [0.25, 0.3) is 22.4 Å². The van der Waals surface area contributed by atoms with Crippen molar-refractivity contribution >= 4 is 34.3 Å².